The van der Waals surface area contributed by atoms with Gasteiger partial charge in [0.25, 0.3) is 17.0 Å². The van der Waals surface area contributed by atoms with E-state index in [0.717, 1.165) is 49.5 Å². The molecule has 10 heteroatoms. The van der Waals surface area contributed by atoms with Crippen molar-refractivity contribution in [3.05, 3.63) is 156 Å². The van der Waals surface area contributed by atoms with Crippen LogP contribution in [0, 0.1) is 0 Å². The Morgan fingerprint density at radius 1 is 0.857 bits per heavy atom. The van der Waals surface area contributed by atoms with Crippen molar-refractivity contribution in [3.8, 4) is 11.5 Å². The van der Waals surface area contributed by atoms with E-state index in [4.69, 9.17) is 9.47 Å². The molecule has 0 radical (unpaired) electrons. The van der Waals surface area contributed by atoms with Crippen molar-refractivity contribution in [3.63, 3.8) is 0 Å². The average Bonchev–Trinajstić information content (AvgIpc) is 3.11. The first-order valence-electron chi connectivity index (χ1n) is 15.9. The van der Waals surface area contributed by atoms with Crippen LogP contribution < -0.4 is 36.6 Å². The Morgan fingerprint density at radius 3 is 2.27 bits per heavy atom. The van der Waals surface area contributed by atoms with Gasteiger partial charge in [-0.05, 0) is 89.2 Å². The van der Waals surface area contributed by atoms with E-state index in [1.165, 1.54) is 21.3 Å². The molecule has 0 unspecified atom stereocenters. The molecule has 9 nitrogen and oxygen atoms in total. The van der Waals surface area contributed by atoms with Gasteiger partial charge >= 0.3 is 0 Å². The number of aromatic nitrogens is 2. The van der Waals surface area contributed by atoms with E-state index in [0.29, 0.717) is 16.8 Å². The van der Waals surface area contributed by atoms with Gasteiger partial charge in [0.15, 0.2) is 11.5 Å². The van der Waals surface area contributed by atoms with E-state index in [9.17, 15) is 14.4 Å². The van der Waals surface area contributed by atoms with Crippen LogP contribution >= 0.6 is 12.4 Å². The van der Waals surface area contributed by atoms with Crippen LogP contribution in [0.1, 0.15) is 38.2 Å². The molecule has 2 heterocycles. The lowest BCUT2D eigenvalue weighted by atomic mass is 9.98. The van der Waals surface area contributed by atoms with Crippen molar-refractivity contribution in [2.45, 2.75) is 19.4 Å². The summed E-state index contributed by atoms with van der Waals surface area (Å²) in [5.41, 5.74) is 5.58. The number of hydrogen-bond acceptors (Lipinski definition) is 6. The van der Waals surface area contributed by atoms with Crippen molar-refractivity contribution in [1.82, 2.24) is 14.5 Å². The number of fused-ring (bicyclic) bond motifs is 1. The zero-order chi connectivity index (χ0) is 33.6. The molecule has 1 aliphatic rings. The van der Waals surface area contributed by atoms with Crippen molar-refractivity contribution in [1.29, 1.82) is 0 Å². The normalized spacial score (nSPS) is 13.4. The molecule has 1 aliphatic heterocycles. The molecular weight excluding hydrogens is 640 g/mol. The third-order valence-electron chi connectivity index (χ3n) is 8.67. The Hall–Kier alpha value is -5.38. The molecule has 49 heavy (non-hydrogen) atoms. The second kappa shape index (κ2) is 15.7. The van der Waals surface area contributed by atoms with Crippen LogP contribution in [0.5, 0.6) is 11.5 Å². The molecule has 0 saturated heterocycles. The van der Waals surface area contributed by atoms with Gasteiger partial charge in [-0.3, -0.25) is 19.3 Å². The minimum atomic E-state index is -0.382. The second-order valence-corrected chi connectivity index (χ2v) is 11.8. The number of aromatic amines is 1. The quantitative estimate of drug-likeness (QED) is 0.244. The molecule has 5 aromatic rings. The van der Waals surface area contributed by atoms with Gasteiger partial charge in [-0.1, -0.05) is 54.6 Å². The number of hydrogen-bond donors (Lipinski definition) is 2. The number of amides is 1. The minimum absolute atomic E-state index is 0. The van der Waals surface area contributed by atoms with Crippen LogP contribution in [0.2, 0.25) is 0 Å². The second-order valence-electron chi connectivity index (χ2n) is 11.8. The number of carbonyl (C=O) groups is 1. The third-order valence-corrected chi connectivity index (χ3v) is 8.67. The lowest BCUT2D eigenvalue weighted by Gasteiger charge is -2.29. The SMILES string of the molecule is COc1cc2c(cc1OC)CN(CCc1ccc(NC(=O)c3cccc(C=c4[nH]c(=O)c(=Cc5ccccc5)n(C)c4=O)c3)cc1)CC2.Cl. The largest absolute Gasteiger partial charge is 0.493 e. The number of halogens is 1. The molecule has 1 aromatic heterocycles. The Bertz CT molecular complexity index is 2190. The number of methoxy groups -OCH3 is 2. The lowest BCUT2D eigenvalue weighted by molar-refractivity contribution is 0.102. The summed E-state index contributed by atoms with van der Waals surface area (Å²) in [6.45, 7) is 2.77. The Kier molecular flexibility index (Phi) is 11.2. The number of anilines is 1. The highest BCUT2D eigenvalue weighted by Gasteiger charge is 2.19. The van der Waals surface area contributed by atoms with Gasteiger partial charge in [0, 0.05) is 37.9 Å². The maximum atomic E-state index is 13.1. The number of rotatable bonds is 9. The maximum Gasteiger partial charge on any atom is 0.274 e. The predicted molar refractivity (Wildman–Crippen MR) is 195 cm³/mol. The zero-order valence-electron chi connectivity index (χ0n) is 27.7. The average molecular weight is 679 g/mol. The van der Waals surface area contributed by atoms with Crippen LogP contribution in [-0.4, -0.2) is 47.7 Å². The summed E-state index contributed by atoms with van der Waals surface area (Å²) in [7, 11) is 4.89. The maximum absolute atomic E-state index is 13.1. The molecule has 1 amide bonds. The molecular formula is C39H39ClN4O5. The molecule has 0 aliphatic carbocycles. The molecule has 0 atom stereocenters. The number of H-pyrrole nitrogens is 1. The van der Waals surface area contributed by atoms with Crippen molar-refractivity contribution >= 4 is 36.2 Å². The van der Waals surface area contributed by atoms with Gasteiger partial charge in [0.2, 0.25) is 0 Å². The van der Waals surface area contributed by atoms with Gasteiger partial charge in [-0.15, -0.1) is 12.4 Å². The summed E-state index contributed by atoms with van der Waals surface area (Å²) in [6, 6.07) is 28.3. The number of nitrogens with zero attached hydrogens (tertiary/aromatic N) is 2. The van der Waals surface area contributed by atoms with Crippen molar-refractivity contribution in [2.75, 3.05) is 32.6 Å². The van der Waals surface area contributed by atoms with Crippen LogP contribution in [0.4, 0.5) is 5.69 Å². The summed E-state index contributed by atoms with van der Waals surface area (Å²) in [5.74, 6) is 1.25. The molecule has 4 aromatic carbocycles. The lowest BCUT2D eigenvalue weighted by Crippen LogP contribution is -2.52. The molecule has 2 N–H and O–H groups in total. The van der Waals surface area contributed by atoms with Gasteiger partial charge < -0.3 is 24.3 Å². The first-order valence-corrected chi connectivity index (χ1v) is 15.9. The van der Waals surface area contributed by atoms with Crippen LogP contribution in [0.15, 0.2) is 101 Å². The van der Waals surface area contributed by atoms with E-state index in [-0.39, 0.29) is 40.1 Å². The molecule has 6 rings (SSSR count). The monoisotopic (exact) mass is 678 g/mol. The summed E-state index contributed by atoms with van der Waals surface area (Å²) < 4.78 is 12.3. The first-order chi connectivity index (χ1) is 23.3. The summed E-state index contributed by atoms with van der Waals surface area (Å²) in [5, 5.41) is 3.35. The van der Waals surface area contributed by atoms with Crippen LogP contribution in [0.25, 0.3) is 12.2 Å². The molecule has 252 valence electrons. The van der Waals surface area contributed by atoms with Crippen molar-refractivity contribution < 1.29 is 14.3 Å². The Balaban J connectivity index is 0.00000468. The van der Waals surface area contributed by atoms with E-state index < -0.39 is 0 Å². The van der Waals surface area contributed by atoms with E-state index in [1.807, 2.05) is 54.6 Å². The molecule has 0 bridgehead atoms. The third kappa shape index (κ3) is 8.20. The molecule has 0 saturated carbocycles. The topological polar surface area (TPSA) is 106 Å². The molecule has 0 fully saturated rings. The van der Waals surface area contributed by atoms with E-state index in [1.54, 1.807) is 57.7 Å². The highest BCUT2D eigenvalue weighted by Crippen LogP contribution is 2.33. The van der Waals surface area contributed by atoms with Gasteiger partial charge in [0.1, 0.15) is 10.7 Å². The standard InChI is InChI=1S/C39H38N4O5.ClH/c1-42-34(22-27-8-5-4-6-9-27)38(45)41-33(39(42)46)21-28-10-7-11-30(20-28)37(44)40-32-14-12-26(13-15-32)16-18-43-19-17-29-23-35(47-2)36(48-3)24-31(29)25-43;/h4-15,20-24H,16-19,25H2,1-3H3,(H,40,44)(H,41,45);1H. The fourth-order valence-corrected chi connectivity index (χ4v) is 5.96. The smallest absolute Gasteiger partial charge is 0.274 e. The number of ether oxygens (including phenoxy) is 2. The Morgan fingerprint density at radius 2 is 1.55 bits per heavy atom. The fourth-order valence-electron chi connectivity index (χ4n) is 5.96. The van der Waals surface area contributed by atoms with Gasteiger partial charge in [-0.2, -0.15) is 0 Å². The van der Waals surface area contributed by atoms with Gasteiger partial charge in [-0.25, -0.2) is 0 Å². The minimum Gasteiger partial charge on any atom is -0.493 e. The highest BCUT2D eigenvalue weighted by atomic mass is 35.5. The summed E-state index contributed by atoms with van der Waals surface area (Å²) in [6.07, 6.45) is 5.11. The van der Waals surface area contributed by atoms with Gasteiger partial charge in [0.05, 0.1) is 14.2 Å². The predicted octanol–water partition coefficient (Wildman–Crippen LogP) is 4.02. The number of benzene rings is 4. The van der Waals surface area contributed by atoms with Crippen LogP contribution in [0.3, 0.4) is 0 Å². The molecule has 0 spiro atoms. The fraction of sp³-hybridized carbons (Fsp3) is 0.205. The van der Waals surface area contributed by atoms with Crippen molar-refractivity contribution in [2.24, 2.45) is 7.05 Å². The zero-order valence-corrected chi connectivity index (χ0v) is 28.5. The van der Waals surface area contributed by atoms with E-state index >= 15 is 0 Å². The van der Waals surface area contributed by atoms with Crippen LogP contribution in [-0.2, 0) is 26.4 Å². The Labute approximate surface area is 290 Å². The summed E-state index contributed by atoms with van der Waals surface area (Å²) >= 11 is 0. The first kappa shape index (κ1) is 34.9. The highest BCUT2D eigenvalue weighted by molar-refractivity contribution is 6.04. The number of nitrogens with one attached hydrogen (secondary N) is 2. The summed E-state index contributed by atoms with van der Waals surface area (Å²) in [4.78, 5) is 44.3. The van der Waals surface area contributed by atoms with E-state index in [2.05, 4.69) is 27.3 Å². The number of carbonyl (C=O) groups excluding carboxylic acids is 1.